The van der Waals surface area contributed by atoms with Crippen LogP contribution in [0.1, 0.15) is 57.9 Å². The number of carbonyl (C=O) groups excluding carboxylic acids is 2. The Morgan fingerprint density at radius 3 is 2.55 bits per heavy atom. The second-order valence-electron chi connectivity index (χ2n) is 10.3. The molecule has 1 aliphatic heterocycles. The van der Waals surface area contributed by atoms with E-state index in [2.05, 4.69) is 10.3 Å². The van der Waals surface area contributed by atoms with Crippen LogP contribution >= 0.6 is 11.6 Å². The van der Waals surface area contributed by atoms with Crippen LogP contribution in [-0.4, -0.2) is 40.3 Å². The molecule has 2 amide bonds. The summed E-state index contributed by atoms with van der Waals surface area (Å²) in [4.78, 5) is 31.5. The van der Waals surface area contributed by atoms with Crippen molar-refractivity contribution >= 4 is 35.1 Å². The lowest BCUT2D eigenvalue weighted by molar-refractivity contribution is -0.136. The van der Waals surface area contributed by atoms with Gasteiger partial charge in [-0.15, -0.1) is 0 Å². The molecule has 33 heavy (non-hydrogen) atoms. The Labute approximate surface area is 194 Å². The van der Waals surface area contributed by atoms with Crippen molar-refractivity contribution in [1.29, 1.82) is 0 Å². The Morgan fingerprint density at radius 2 is 1.97 bits per heavy atom. The normalized spacial score (nSPS) is 38.9. The summed E-state index contributed by atoms with van der Waals surface area (Å²) in [6.07, 6.45) is 0.406. The Bertz CT molecular complexity index is 1090. The lowest BCUT2D eigenvalue weighted by atomic mass is 9.81. The highest BCUT2D eigenvalue weighted by Gasteiger charge is 2.89. The zero-order valence-corrected chi connectivity index (χ0v) is 19.2. The van der Waals surface area contributed by atoms with Gasteiger partial charge in [0.05, 0.1) is 28.1 Å². The predicted octanol–water partition coefficient (Wildman–Crippen LogP) is 4.37. The molecule has 1 aromatic carbocycles. The number of hydrogen-bond donors (Lipinski definition) is 2. The highest BCUT2D eigenvalue weighted by atomic mass is 35.5. The monoisotopic (exact) mass is 482 g/mol. The lowest BCUT2D eigenvalue weighted by Gasteiger charge is -2.43. The molecule has 3 saturated carbocycles. The molecule has 3 atom stereocenters. The van der Waals surface area contributed by atoms with Gasteiger partial charge in [-0.2, -0.15) is 0 Å². The van der Waals surface area contributed by atoms with Crippen LogP contribution in [0.15, 0.2) is 23.2 Å². The average molecular weight is 483 g/mol. The molecule has 0 spiro atoms. The van der Waals surface area contributed by atoms with Gasteiger partial charge in [0.1, 0.15) is 5.67 Å². The summed E-state index contributed by atoms with van der Waals surface area (Å²) in [5, 5.41) is 2.92. The summed E-state index contributed by atoms with van der Waals surface area (Å²) in [6, 6.07) is 4.56. The first-order valence-corrected chi connectivity index (χ1v) is 11.5. The van der Waals surface area contributed by atoms with Crippen LogP contribution in [-0.2, 0) is 15.1 Å². The Balaban J connectivity index is 1.39. The van der Waals surface area contributed by atoms with Crippen molar-refractivity contribution in [2.45, 2.75) is 75.5 Å². The fourth-order valence-electron chi connectivity index (χ4n) is 5.41. The summed E-state index contributed by atoms with van der Waals surface area (Å²) in [6.45, 7) is 3.19. The van der Waals surface area contributed by atoms with Crippen molar-refractivity contribution in [2.24, 2.45) is 22.1 Å². The summed E-state index contributed by atoms with van der Waals surface area (Å²) in [7, 11) is 0. The van der Waals surface area contributed by atoms with Gasteiger partial charge in [0.15, 0.2) is 5.96 Å². The van der Waals surface area contributed by atoms with Crippen molar-refractivity contribution in [2.75, 3.05) is 5.32 Å². The van der Waals surface area contributed by atoms with Crippen LogP contribution in [0.5, 0.6) is 0 Å². The number of rotatable bonds is 4. The number of nitrogens with one attached hydrogen (secondary N) is 1. The van der Waals surface area contributed by atoms with Gasteiger partial charge in [-0.05, 0) is 25.8 Å². The van der Waals surface area contributed by atoms with Crippen molar-refractivity contribution in [3.8, 4) is 0 Å². The summed E-state index contributed by atoms with van der Waals surface area (Å²) in [5.41, 5.74) is 3.62. The molecule has 0 unspecified atom stereocenters. The van der Waals surface area contributed by atoms with Crippen molar-refractivity contribution in [3.63, 3.8) is 0 Å². The molecule has 3 aliphatic carbocycles. The van der Waals surface area contributed by atoms with Crippen LogP contribution in [0.25, 0.3) is 0 Å². The van der Waals surface area contributed by atoms with E-state index in [1.807, 2.05) is 0 Å². The maximum absolute atomic E-state index is 13.9. The molecule has 1 heterocycles. The first-order valence-electron chi connectivity index (χ1n) is 11.2. The van der Waals surface area contributed by atoms with E-state index in [0.29, 0.717) is 11.3 Å². The van der Waals surface area contributed by atoms with Gasteiger partial charge >= 0.3 is 0 Å². The highest BCUT2D eigenvalue weighted by molar-refractivity contribution is 6.34. The third kappa shape index (κ3) is 3.33. The van der Waals surface area contributed by atoms with Gasteiger partial charge in [-0.1, -0.05) is 30.7 Å². The number of aliphatic imine (C=N–C) groups is 1. The molecular formula is C23H26ClF3N4O2. The van der Waals surface area contributed by atoms with Crippen molar-refractivity contribution in [1.82, 2.24) is 4.90 Å². The van der Waals surface area contributed by atoms with E-state index < -0.39 is 40.4 Å². The Hall–Kier alpha value is -2.29. The van der Waals surface area contributed by atoms with E-state index in [1.165, 1.54) is 11.8 Å². The summed E-state index contributed by atoms with van der Waals surface area (Å²) >= 11 is 6.60. The predicted molar refractivity (Wildman–Crippen MR) is 118 cm³/mol. The molecule has 6 nitrogen and oxygen atoms in total. The number of halogens is 4. The van der Waals surface area contributed by atoms with Gasteiger partial charge in [-0.25, -0.2) is 18.2 Å². The minimum atomic E-state index is -2.75. The number of benzene rings is 1. The minimum absolute atomic E-state index is 0.0289. The van der Waals surface area contributed by atoms with Crippen molar-refractivity contribution < 1.29 is 22.8 Å². The minimum Gasteiger partial charge on any atom is -0.369 e. The molecule has 4 aliphatic rings. The maximum atomic E-state index is 13.9. The van der Waals surface area contributed by atoms with Gasteiger partial charge < -0.3 is 11.1 Å². The second kappa shape index (κ2) is 6.87. The van der Waals surface area contributed by atoms with E-state index in [4.69, 9.17) is 17.3 Å². The first kappa shape index (κ1) is 22.5. The van der Waals surface area contributed by atoms with E-state index in [-0.39, 0.29) is 55.4 Å². The van der Waals surface area contributed by atoms with Crippen LogP contribution in [0, 0.1) is 11.3 Å². The van der Waals surface area contributed by atoms with Gasteiger partial charge in [0, 0.05) is 36.8 Å². The number of amides is 2. The highest BCUT2D eigenvalue weighted by Crippen LogP contribution is 2.81. The standard InChI is InChI=1S/C23H26ClF3N4O2/c1-12-8-13(6-7-23(12,26)27)31-16(32)9-20(2,30-19(31)28)14-4-3-5-15(17(14)24)29-18(33)21-10-22(21,25)11-21/h3-5,12-13H,6-11H2,1-2H3,(H2,28,30)(H,29,33)/t12-,13-,20-,21?,22?/m0/s1. The van der Waals surface area contributed by atoms with Crippen molar-refractivity contribution in [3.05, 3.63) is 28.8 Å². The third-order valence-corrected chi connectivity index (χ3v) is 8.34. The second-order valence-corrected chi connectivity index (χ2v) is 10.7. The topological polar surface area (TPSA) is 87.8 Å². The summed E-state index contributed by atoms with van der Waals surface area (Å²) in [5.74, 6) is -4.35. The van der Waals surface area contributed by atoms with Crippen LogP contribution < -0.4 is 11.1 Å². The molecule has 178 valence electrons. The number of nitrogens with zero attached hydrogens (tertiary/aromatic N) is 2. The molecule has 0 bridgehead atoms. The SMILES string of the molecule is C[C@H]1C[C@@H](N2C(=O)C[C@@](C)(c3cccc(NC(=O)C45CC4(F)C5)c3Cl)N=C2N)CCC1(F)F. The zero-order chi connectivity index (χ0) is 24.0. The van der Waals surface area contributed by atoms with Gasteiger partial charge in [-0.3, -0.25) is 14.5 Å². The van der Waals surface area contributed by atoms with Crippen LogP contribution in [0.2, 0.25) is 5.02 Å². The molecule has 10 heteroatoms. The van der Waals surface area contributed by atoms with E-state index >= 15 is 0 Å². The molecule has 3 N–H and O–H groups in total. The zero-order valence-electron chi connectivity index (χ0n) is 18.4. The van der Waals surface area contributed by atoms with Crippen LogP contribution in [0.3, 0.4) is 0 Å². The third-order valence-electron chi connectivity index (χ3n) is 7.93. The molecule has 0 aromatic heterocycles. The number of alkyl halides is 3. The van der Waals surface area contributed by atoms with E-state index in [0.717, 1.165) is 0 Å². The fraction of sp³-hybridized carbons (Fsp3) is 0.609. The fourth-order valence-corrected chi connectivity index (χ4v) is 5.78. The number of guanidine groups is 1. The molecular weight excluding hydrogens is 457 g/mol. The first-order chi connectivity index (χ1) is 15.3. The molecule has 0 saturated heterocycles. The Kier molecular flexibility index (Phi) is 4.68. The number of anilines is 1. The van der Waals surface area contributed by atoms with Gasteiger partial charge in [0.2, 0.25) is 11.8 Å². The smallest absolute Gasteiger partial charge is 0.250 e. The molecule has 5 rings (SSSR count). The Morgan fingerprint density at radius 1 is 1.30 bits per heavy atom. The lowest BCUT2D eigenvalue weighted by Crippen LogP contribution is -2.56. The van der Waals surface area contributed by atoms with E-state index in [1.54, 1.807) is 25.1 Å². The maximum Gasteiger partial charge on any atom is 0.250 e. The molecule has 1 aromatic rings. The molecule has 3 fully saturated rings. The van der Waals surface area contributed by atoms with E-state index in [9.17, 15) is 22.8 Å². The number of hydrogen-bond acceptors (Lipinski definition) is 4. The largest absolute Gasteiger partial charge is 0.369 e. The quantitative estimate of drug-likeness (QED) is 0.668. The average Bonchev–Trinajstić information content (AvgIpc) is 3.51. The van der Waals surface area contributed by atoms with Gasteiger partial charge in [0.25, 0.3) is 5.92 Å². The number of carbonyl (C=O) groups is 2. The molecule has 0 radical (unpaired) electrons. The summed E-state index contributed by atoms with van der Waals surface area (Å²) < 4.78 is 41.8. The number of fused-ring (bicyclic) bond motifs is 1. The van der Waals surface area contributed by atoms with Crippen LogP contribution in [0.4, 0.5) is 18.9 Å². The number of nitrogens with two attached hydrogens (primary N) is 1.